The molecule has 9 nitrogen and oxygen atoms in total. The van der Waals surface area contributed by atoms with Crippen molar-refractivity contribution in [2.45, 2.75) is 37.5 Å². The number of fused-ring (bicyclic) bond motifs is 2. The van der Waals surface area contributed by atoms with Crippen molar-refractivity contribution >= 4 is 11.8 Å². The van der Waals surface area contributed by atoms with E-state index in [1.54, 1.807) is 29.6 Å². The Balaban J connectivity index is 1.33. The van der Waals surface area contributed by atoms with E-state index in [-0.39, 0.29) is 23.6 Å². The van der Waals surface area contributed by atoms with Gasteiger partial charge in [0.05, 0.1) is 29.7 Å². The number of carbonyl (C=O) groups is 1. The normalized spacial score (nSPS) is 19.8. The molecule has 2 amide bonds. The van der Waals surface area contributed by atoms with E-state index in [1.165, 1.54) is 6.20 Å². The highest BCUT2D eigenvalue weighted by Crippen LogP contribution is 2.44. The van der Waals surface area contributed by atoms with Gasteiger partial charge >= 0.3 is 12.2 Å². The van der Waals surface area contributed by atoms with Crippen molar-refractivity contribution in [1.82, 2.24) is 34.9 Å². The highest BCUT2D eigenvalue weighted by atomic mass is 19.4. The number of halogens is 3. The van der Waals surface area contributed by atoms with E-state index >= 15 is 0 Å². The minimum absolute atomic E-state index is 0.187. The van der Waals surface area contributed by atoms with Gasteiger partial charge in [-0.25, -0.2) is 9.78 Å². The van der Waals surface area contributed by atoms with E-state index in [0.29, 0.717) is 31.0 Å². The van der Waals surface area contributed by atoms with Crippen molar-refractivity contribution in [3.63, 3.8) is 0 Å². The number of alkyl halides is 3. The zero-order valence-corrected chi connectivity index (χ0v) is 17.5. The highest BCUT2D eigenvalue weighted by Gasteiger charge is 2.47. The number of nitrogen functional groups attached to an aromatic ring is 1. The first-order valence-electron chi connectivity index (χ1n) is 10.4. The second-order valence-electron chi connectivity index (χ2n) is 8.35. The van der Waals surface area contributed by atoms with Crippen molar-refractivity contribution in [1.29, 1.82) is 0 Å². The van der Waals surface area contributed by atoms with Gasteiger partial charge in [0.2, 0.25) is 0 Å². The third kappa shape index (κ3) is 3.85. The first kappa shape index (κ1) is 21.2. The third-order valence-corrected chi connectivity index (χ3v) is 6.32. The van der Waals surface area contributed by atoms with Gasteiger partial charge < -0.3 is 16.0 Å². The molecule has 3 aromatic rings. The number of hydrogen-bond donors (Lipinski definition) is 2. The van der Waals surface area contributed by atoms with Crippen LogP contribution in [0.3, 0.4) is 0 Å². The van der Waals surface area contributed by atoms with Gasteiger partial charge in [0.15, 0.2) is 0 Å². The summed E-state index contributed by atoms with van der Waals surface area (Å²) < 4.78 is 41.5. The molecule has 0 bridgehead atoms. The monoisotopic (exact) mass is 458 g/mol. The van der Waals surface area contributed by atoms with Gasteiger partial charge in [-0.15, -0.1) is 0 Å². The molecule has 0 radical (unpaired) electrons. The molecule has 1 atom stereocenters. The zero-order valence-electron chi connectivity index (χ0n) is 17.5. The Morgan fingerprint density at radius 2 is 1.97 bits per heavy atom. The van der Waals surface area contributed by atoms with Crippen LogP contribution in [-0.4, -0.2) is 48.8 Å². The summed E-state index contributed by atoms with van der Waals surface area (Å²) in [4.78, 5) is 26.3. The van der Waals surface area contributed by atoms with Crippen LogP contribution in [0.5, 0.6) is 0 Å². The molecule has 5 heterocycles. The van der Waals surface area contributed by atoms with Gasteiger partial charge in [-0.3, -0.25) is 14.6 Å². The van der Waals surface area contributed by atoms with Gasteiger partial charge in [0.1, 0.15) is 5.82 Å². The Morgan fingerprint density at radius 3 is 2.73 bits per heavy atom. The maximum absolute atomic E-state index is 13.2. The second-order valence-corrected chi connectivity index (χ2v) is 8.35. The molecule has 0 aromatic carbocycles. The largest absolute Gasteiger partial charge is 0.419 e. The summed E-state index contributed by atoms with van der Waals surface area (Å²) in [6, 6.07) is 2.60. The number of rotatable bonds is 3. The number of nitrogens with two attached hydrogens (primary N) is 1. The predicted molar refractivity (Wildman–Crippen MR) is 112 cm³/mol. The Bertz CT molecular complexity index is 1200. The number of anilines is 1. The molecule has 1 spiro atoms. The van der Waals surface area contributed by atoms with E-state index in [0.717, 1.165) is 24.6 Å². The van der Waals surface area contributed by atoms with E-state index in [9.17, 15) is 18.0 Å². The van der Waals surface area contributed by atoms with Crippen LogP contribution < -0.4 is 11.1 Å². The fourth-order valence-electron chi connectivity index (χ4n) is 4.60. The van der Waals surface area contributed by atoms with Crippen molar-refractivity contribution in [2.24, 2.45) is 0 Å². The fraction of sp³-hybridized carbons (Fsp3) is 0.381. The summed E-state index contributed by atoms with van der Waals surface area (Å²) in [7, 11) is 0. The lowest BCUT2D eigenvalue weighted by Gasteiger charge is -2.23. The van der Waals surface area contributed by atoms with Crippen LogP contribution in [0.25, 0.3) is 11.3 Å². The first-order valence-corrected chi connectivity index (χ1v) is 10.4. The van der Waals surface area contributed by atoms with Gasteiger partial charge in [0.25, 0.3) is 0 Å². The molecule has 3 N–H and O–H groups in total. The van der Waals surface area contributed by atoms with Crippen LogP contribution in [-0.2, 0) is 24.7 Å². The Kier molecular flexibility index (Phi) is 4.94. The number of nitrogens with one attached hydrogen (secondary N) is 1. The molecule has 33 heavy (non-hydrogen) atoms. The van der Waals surface area contributed by atoms with E-state index in [4.69, 9.17) is 5.73 Å². The summed E-state index contributed by atoms with van der Waals surface area (Å²) in [5.74, 6) is -0.562. The lowest BCUT2D eigenvalue weighted by atomic mass is 9.82. The minimum Gasteiger partial charge on any atom is -0.383 e. The molecule has 0 unspecified atom stereocenters. The molecular weight excluding hydrogens is 437 g/mol. The van der Waals surface area contributed by atoms with Gasteiger partial charge in [-0.05, 0) is 25.0 Å². The average Bonchev–Trinajstić information content (AvgIpc) is 3.49. The van der Waals surface area contributed by atoms with Crippen molar-refractivity contribution in [3.05, 3.63) is 53.9 Å². The van der Waals surface area contributed by atoms with Crippen LogP contribution in [0.4, 0.5) is 23.8 Å². The standard InChI is InChI=1S/C21H21F3N8O/c22-21(23,24)15-7-13(9-28-18(15)25)16-8-17-20(2-6-32(17)30-16)1-5-31(12-20)19(33)29-11-14-10-26-3-4-27-14/h3-4,7-10H,1-2,5-6,11-12H2,(H2,25,28)(H,29,33)/t20-/m1/s1. The van der Waals surface area contributed by atoms with Crippen LogP contribution >= 0.6 is 0 Å². The maximum atomic E-state index is 13.2. The number of likely N-dealkylation sites (tertiary alicyclic amines) is 1. The zero-order chi connectivity index (χ0) is 23.2. The second kappa shape index (κ2) is 7.71. The van der Waals surface area contributed by atoms with Crippen LogP contribution in [0.2, 0.25) is 0 Å². The highest BCUT2D eigenvalue weighted by molar-refractivity contribution is 5.75. The SMILES string of the molecule is Nc1ncc(-c2cc3n(n2)CC[C@@]32CCN(C(=O)NCc3cnccn3)C2)cc1C(F)(F)F. The van der Waals surface area contributed by atoms with E-state index < -0.39 is 17.6 Å². The first-order chi connectivity index (χ1) is 15.7. The number of aryl methyl sites for hydroxylation is 1. The van der Waals surface area contributed by atoms with Gasteiger partial charge in [0, 0.05) is 54.9 Å². The third-order valence-electron chi connectivity index (χ3n) is 6.32. The minimum atomic E-state index is -4.60. The molecule has 1 saturated heterocycles. The number of urea groups is 1. The summed E-state index contributed by atoms with van der Waals surface area (Å²) in [6.07, 6.45) is 3.01. The number of nitrogens with zero attached hydrogens (tertiary/aromatic N) is 6. The average molecular weight is 458 g/mol. The number of pyridine rings is 1. The smallest absolute Gasteiger partial charge is 0.383 e. The molecule has 5 rings (SSSR count). The predicted octanol–water partition coefficient (Wildman–Crippen LogP) is 2.59. The van der Waals surface area contributed by atoms with E-state index in [1.807, 2.05) is 4.68 Å². The summed E-state index contributed by atoms with van der Waals surface area (Å²) in [5.41, 5.74) is 6.42. The van der Waals surface area contributed by atoms with Crippen molar-refractivity contribution in [3.8, 4) is 11.3 Å². The molecular formula is C21H21F3N8O. The summed E-state index contributed by atoms with van der Waals surface area (Å²) in [5, 5.41) is 7.38. The topological polar surface area (TPSA) is 115 Å². The molecule has 0 saturated carbocycles. The van der Waals surface area contributed by atoms with Gasteiger partial charge in [-0.2, -0.15) is 18.3 Å². The van der Waals surface area contributed by atoms with Crippen LogP contribution in [0.1, 0.15) is 29.8 Å². The lowest BCUT2D eigenvalue weighted by molar-refractivity contribution is -0.137. The molecule has 2 aliphatic rings. The molecule has 12 heteroatoms. The Labute approximate surface area is 186 Å². The molecule has 2 aliphatic heterocycles. The number of carbonyl (C=O) groups excluding carboxylic acids is 1. The lowest BCUT2D eigenvalue weighted by Crippen LogP contribution is -2.40. The van der Waals surface area contributed by atoms with Crippen molar-refractivity contribution in [2.75, 3.05) is 18.8 Å². The fourth-order valence-corrected chi connectivity index (χ4v) is 4.60. The Morgan fingerprint density at radius 1 is 1.15 bits per heavy atom. The van der Waals surface area contributed by atoms with Crippen LogP contribution in [0.15, 0.2) is 36.9 Å². The quantitative estimate of drug-likeness (QED) is 0.624. The maximum Gasteiger partial charge on any atom is 0.419 e. The molecule has 172 valence electrons. The number of hydrogen-bond acceptors (Lipinski definition) is 6. The number of amides is 2. The van der Waals surface area contributed by atoms with Crippen LogP contribution in [0, 0.1) is 0 Å². The number of aromatic nitrogens is 5. The van der Waals surface area contributed by atoms with E-state index in [2.05, 4.69) is 25.4 Å². The molecule has 3 aromatic heterocycles. The molecule has 0 aliphatic carbocycles. The summed E-state index contributed by atoms with van der Waals surface area (Å²) >= 11 is 0. The Hall–Kier alpha value is -3.70. The summed E-state index contributed by atoms with van der Waals surface area (Å²) in [6.45, 7) is 2.01. The van der Waals surface area contributed by atoms with Crippen molar-refractivity contribution < 1.29 is 18.0 Å². The molecule has 1 fully saturated rings. The van der Waals surface area contributed by atoms with Gasteiger partial charge in [-0.1, -0.05) is 0 Å².